The molecular weight excluding hydrogens is 262 g/mol. The van der Waals surface area contributed by atoms with Crippen LogP contribution in [0, 0.1) is 10.1 Å². The second-order valence-corrected chi connectivity index (χ2v) is 4.52. The maximum Gasteiger partial charge on any atom is 0.271 e. The topological polar surface area (TPSA) is 61.0 Å². The second kappa shape index (κ2) is 4.93. The summed E-state index contributed by atoms with van der Waals surface area (Å²) in [6.45, 7) is 0.593. The Labute approximate surface area is 107 Å². The second-order valence-electron chi connectivity index (χ2n) is 3.37. The molecular formula is C10H10ClN3O2S. The lowest BCUT2D eigenvalue weighted by Crippen LogP contribution is -2.00. The number of fused-ring (bicyclic) bond motifs is 1. The van der Waals surface area contributed by atoms with E-state index < -0.39 is 4.92 Å². The number of halogens is 1. The van der Waals surface area contributed by atoms with E-state index in [9.17, 15) is 10.1 Å². The van der Waals surface area contributed by atoms with Crippen molar-refractivity contribution in [3.8, 4) is 0 Å². The zero-order valence-electron chi connectivity index (χ0n) is 9.09. The van der Waals surface area contributed by atoms with Crippen molar-refractivity contribution in [1.29, 1.82) is 0 Å². The van der Waals surface area contributed by atoms with Crippen LogP contribution in [0.1, 0.15) is 0 Å². The van der Waals surface area contributed by atoms with Crippen molar-refractivity contribution >= 4 is 40.1 Å². The molecule has 1 aromatic heterocycles. The average molecular weight is 272 g/mol. The molecule has 0 fully saturated rings. The highest BCUT2D eigenvalue weighted by Gasteiger charge is 2.13. The number of non-ortho nitro benzene ring substituents is 1. The van der Waals surface area contributed by atoms with Crippen LogP contribution in [0.4, 0.5) is 5.69 Å². The van der Waals surface area contributed by atoms with Gasteiger partial charge in [-0.1, -0.05) is 11.8 Å². The van der Waals surface area contributed by atoms with Crippen LogP contribution in [0.2, 0.25) is 0 Å². The molecule has 5 nitrogen and oxygen atoms in total. The lowest BCUT2D eigenvalue weighted by atomic mass is 10.3. The van der Waals surface area contributed by atoms with Gasteiger partial charge in [-0.15, -0.1) is 11.6 Å². The number of nitro groups is 1. The van der Waals surface area contributed by atoms with Gasteiger partial charge in [0, 0.05) is 24.6 Å². The molecule has 2 rings (SSSR count). The van der Waals surface area contributed by atoms with E-state index in [1.165, 1.54) is 23.9 Å². The van der Waals surface area contributed by atoms with E-state index >= 15 is 0 Å². The van der Waals surface area contributed by atoms with E-state index in [2.05, 4.69) is 4.98 Å². The minimum Gasteiger partial charge on any atom is -0.318 e. The number of hydrogen-bond acceptors (Lipinski definition) is 4. The van der Waals surface area contributed by atoms with Crippen LogP contribution in [0.3, 0.4) is 0 Å². The third-order valence-corrected chi connectivity index (χ3v) is 3.24. The Balaban J connectivity index is 2.64. The number of alkyl halides is 1. The predicted molar refractivity (Wildman–Crippen MR) is 68.9 cm³/mol. The summed E-state index contributed by atoms with van der Waals surface area (Å²) in [4.78, 5) is 14.7. The third kappa shape index (κ3) is 2.23. The van der Waals surface area contributed by atoms with Crippen LogP contribution in [-0.2, 0) is 6.54 Å². The molecule has 7 heteroatoms. The summed E-state index contributed by atoms with van der Waals surface area (Å²) in [5.74, 6) is 0.446. The Kier molecular flexibility index (Phi) is 3.54. The van der Waals surface area contributed by atoms with Crippen LogP contribution in [-0.4, -0.2) is 26.6 Å². The van der Waals surface area contributed by atoms with Gasteiger partial charge in [-0.05, 0) is 12.3 Å². The van der Waals surface area contributed by atoms with Crippen LogP contribution >= 0.6 is 23.4 Å². The maximum atomic E-state index is 10.7. The van der Waals surface area contributed by atoms with Crippen molar-refractivity contribution in [2.45, 2.75) is 11.7 Å². The van der Waals surface area contributed by atoms with Crippen molar-refractivity contribution in [3.05, 3.63) is 28.3 Å². The Bertz CT molecular complexity index is 570. The van der Waals surface area contributed by atoms with Gasteiger partial charge in [0.15, 0.2) is 5.16 Å². The lowest BCUT2D eigenvalue weighted by Gasteiger charge is -2.04. The number of nitrogens with zero attached hydrogens (tertiary/aromatic N) is 3. The number of imidazole rings is 1. The first-order valence-electron chi connectivity index (χ1n) is 4.92. The normalized spacial score (nSPS) is 10.9. The summed E-state index contributed by atoms with van der Waals surface area (Å²) in [6.07, 6.45) is 1.92. The fourth-order valence-electron chi connectivity index (χ4n) is 1.66. The number of nitro benzene ring substituents is 1. The third-order valence-electron chi connectivity index (χ3n) is 2.40. The highest BCUT2D eigenvalue weighted by atomic mass is 35.5. The average Bonchev–Trinajstić information content (AvgIpc) is 2.67. The maximum absolute atomic E-state index is 10.7. The van der Waals surface area contributed by atoms with Gasteiger partial charge in [0.05, 0.1) is 16.0 Å². The van der Waals surface area contributed by atoms with E-state index in [4.69, 9.17) is 11.6 Å². The van der Waals surface area contributed by atoms with Crippen LogP contribution < -0.4 is 0 Å². The lowest BCUT2D eigenvalue weighted by molar-refractivity contribution is -0.384. The van der Waals surface area contributed by atoms with Crippen LogP contribution in [0.15, 0.2) is 23.4 Å². The first-order chi connectivity index (χ1) is 8.17. The van der Waals surface area contributed by atoms with E-state index in [0.717, 1.165) is 16.2 Å². The minimum absolute atomic E-state index is 0.0703. The van der Waals surface area contributed by atoms with Crippen LogP contribution in [0.25, 0.3) is 11.0 Å². The number of rotatable bonds is 4. The van der Waals surface area contributed by atoms with Crippen molar-refractivity contribution in [3.63, 3.8) is 0 Å². The molecule has 1 heterocycles. The van der Waals surface area contributed by atoms with Crippen molar-refractivity contribution in [1.82, 2.24) is 9.55 Å². The van der Waals surface area contributed by atoms with Crippen molar-refractivity contribution in [2.24, 2.45) is 0 Å². The van der Waals surface area contributed by atoms with Crippen molar-refractivity contribution in [2.75, 3.05) is 12.1 Å². The standard InChI is InChI=1S/C10H10ClN3O2S/c1-17-10-12-8-3-2-7(14(15)16)6-9(8)13(10)5-4-11/h2-3,6H,4-5H2,1H3. The number of benzene rings is 1. The summed E-state index contributed by atoms with van der Waals surface area (Å²) in [6, 6.07) is 4.66. The zero-order chi connectivity index (χ0) is 12.4. The molecule has 2 aromatic rings. The van der Waals surface area contributed by atoms with Crippen molar-refractivity contribution < 1.29 is 4.92 Å². The number of thioether (sulfide) groups is 1. The summed E-state index contributed by atoms with van der Waals surface area (Å²) in [5.41, 5.74) is 1.58. The van der Waals surface area contributed by atoms with Gasteiger partial charge < -0.3 is 4.57 Å². The predicted octanol–water partition coefficient (Wildman–Crippen LogP) is 2.91. The van der Waals surface area contributed by atoms with Crippen LogP contribution in [0.5, 0.6) is 0 Å². The molecule has 0 amide bonds. The molecule has 0 aliphatic carbocycles. The van der Waals surface area contributed by atoms with Gasteiger partial charge in [-0.2, -0.15) is 0 Å². The summed E-state index contributed by atoms with van der Waals surface area (Å²) in [5, 5.41) is 11.6. The molecule has 17 heavy (non-hydrogen) atoms. The SMILES string of the molecule is CSc1nc2ccc([N+](=O)[O-])cc2n1CCCl. The number of aromatic nitrogens is 2. The fraction of sp³-hybridized carbons (Fsp3) is 0.300. The van der Waals surface area contributed by atoms with E-state index in [-0.39, 0.29) is 5.69 Å². The molecule has 0 unspecified atom stereocenters. The zero-order valence-corrected chi connectivity index (χ0v) is 10.7. The van der Waals surface area contributed by atoms with Gasteiger partial charge in [-0.25, -0.2) is 4.98 Å². The largest absolute Gasteiger partial charge is 0.318 e. The van der Waals surface area contributed by atoms with Gasteiger partial charge in [-0.3, -0.25) is 10.1 Å². The molecule has 0 atom stereocenters. The molecule has 0 N–H and O–H groups in total. The Hall–Kier alpha value is -1.27. The molecule has 0 spiro atoms. The fourth-order valence-corrected chi connectivity index (χ4v) is 2.43. The molecule has 0 radical (unpaired) electrons. The molecule has 0 saturated carbocycles. The molecule has 0 aliphatic rings. The highest BCUT2D eigenvalue weighted by molar-refractivity contribution is 7.98. The Morgan fingerprint density at radius 3 is 2.94 bits per heavy atom. The van der Waals surface area contributed by atoms with E-state index in [0.29, 0.717) is 12.4 Å². The summed E-state index contributed by atoms with van der Waals surface area (Å²) < 4.78 is 1.90. The van der Waals surface area contributed by atoms with Gasteiger partial charge in [0.1, 0.15) is 0 Å². The van der Waals surface area contributed by atoms with Gasteiger partial charge in [0.2, 0.25) is 0 Å². The summed E-state index contributed by atoms with van der Waals surface area (Å²) in [7, 11) is 0. The Morgan fingerprint density at radius 1 is 1.59 bits per heavy atom. The van der Waals surface area contributed by atoms with Gasteiger partial charge >= 0.3 is 0 Å². The molecule has 0 bridgehead atoms. The molecule has 1 aromatic carbocycles. The quantitative estimate of drug-likeness (QED) is 0.371. The first kappa shape index (κ1) is 12.2. The van der Waals surface area contributed by atoms with Gasteiger partial charge in [0.25, 0.3) is 5.69 Å². The molecule has 0 saturated heterocycles. The number of aryl methyl sites for hydroxylation is 1. The van der Waals surface area contributed by atoms with E-state index in [1.54, 1.807) is 6.07 Å². The smallest absolute Gasteiger partial charge is 0.271 e. The Morgan fingerprint density at radius 2 is 2.35 bits per heavy atom. The minimum atomic E-state index is -0.407. The molecule has 90 valence electrons. The van der Waals surface area contributed by atoms with E-state index in [1.807, 2.05) is 10.8 Å². The monoisotopic (exact) mass is 271 g/mol. The molecule has 0 aliphatic heterocycles. The number of hydrogen-bond donors (Lipinski definition) is 0. The summed E-state index contributed by atoms with van der Waals surface area (Å²) >= 11 is 7.23. The highest BCUT2D eigenvalue weighted by Crippen LogP contribution is 2.25. The first-order valence-corrected chi connectivity index (χ1v) is 6.68.